The Morgan fingerprint density at radius 2 is 1.81 bits per heavy atom. The van der Waals surface area contributed by atoms with Crippen molar-refractivity contribution in [2.75, 3.05) is 18.2 Å². The standard InChI is InChI=1S/C15H13BrN4O/c1-21-13-7-6-9(16)8-12(13)20-15-14(17)18-10-4-2-3-5-11(10)19-15/h2-8H,1H3,(H2,17,18)(H,19,20). The van der Waals surface area contributed by atoms with E-state index in [1.165, 1.54) is 0 Å². The van der Waals surface area contributed by atoms with E-state index >= 15 is 0 Å². The maximum Gasteiger partial charge on any atom is 0.174 e. The van der Waals surface area contributed by atoms with Crippen molar-refractivity contribution < 1.29 is 4.74 Å². The fourth-order valence-corrected chi connectivity index (χ4v) is 2.37. The summed E-state index contributed by atoms with van der Waals surface area (Å²) in [6.45, 7) is 0. The van der Waals surface area contributed by atoms with E-state index in [0.29, 0.717) is 17.4 Å². The largest absolute Gasteiger partial charge is 0.495 e. The van der Waals surface area contributed by atoms with Crippen molar-refractivity contribution in [3.8, 4) is 5.75 Å². The highest BCUT2D eigenvalue weighted by atomic mass is 79.9. The molecule has 6 heteroatoms. The third-order valence-electron chi connectivity index (χ3n) is 3.01. The molecule has 0 radical (unpaired) electrons. The van der Waals surface area contributed by atoms with Crippen LogP contribution in [-0.2, 0) is 0 Å². The Morgan fingerprint density at radius 3 is 2.52 bits per heavy atom. The molecular weight excluding hydrogens is 332 g/mol. The first-order valence-electron chi connectivity index (χ1n) is 6.30. The normalized spacial score (nSPS) is 10.6. The van der Waals surface area contributed by atoms with E-state index in [4.69, 9.17) is 10.5 Å². The quantitative estimate of drug-likeness (QED) is 0.757. The van der Waals surface area contributed by atoms with Gasteiger partial charge in [0.15, 0.2) is 11.6 Å². The molecule has 0 aliphatic carbocycles. The summed E-state index contributed by atoms with van der Waals surface area (Å²) >= 11 is 3.43. The van der Waals surface area contributed by atoms with Crippen molar-refractivity contribution in [1.29, 1.82) is 0 Å². The fraction of sp³-hybridized carbons (Fsp3) is 0.0667. The molecule has 0 aliphatic heterocycles. The number of rotatable bonds is 3. The molecule has 0 unspecified atom stereocenters. The Hall–Kier alpha value is -2.34. The first-order chi connectivity index (χ1) is 10.2. The van der Waals surface area contributed by atoms with Crippen LogP contribution in [0.5, 0.6) is 5.75 Å². The van der Waals surface area contributed by atoms with Crippen LogP contribution in [0.25, 0.3) is 11.0 Å². The minimum atomic E-state index is 0.343. The SMILES string of the molecule is COc1ccc(Br)cc1Nc1nc2ccccc2nc1N. The van der Waals surface area contributed by atoms with Crippen molar-refractivity contribution in [2.24, 2.45) is 0 Å². The van der Waals surface area contributed by atoms with Crippen molar-refractivity contribution in [3.05, 3.63) is 46.9 Å². The fourth-order valence-electron chi connectivity index (χ4n) is 2.01. The second kappa shape index (κ2) is 5.57. The minimum Gasteiger partial charge on any atom is -0.495 e. The number of para-hydroxylation sites is 2. The monoisotopic (exact) mass is 344 g/mol. The zero-order valence-electron chi connectivity index (χ0n) is 11.3. The number of ether oxygens (including phenoxy) is 1. The summed E-state index contributed by atoms with van der Waals surface area (Å²) in [5.41, 5.74) is 8.29. The minimum absolute atomic E-state index is 0.343. The van der Waals surface area contributed by atoms with Gasteiger partial charge in [-0.15, -0.1) is 0 Å². The van der Waals surface area contributed by atoms with Crippen LogP contribution in [0.2, 0.25) is 0 Å². The van der Waals surface area contributed by atoms with Crippen LogP contribution in [0.15, 0.2) is 46.9 Å². The number of nitrogen functional groups attached to an aromatic ring is 1. The first kappa shape index (κ1) is 13.6. The number of aromatic nitrogens is 2. The lowest BCUT2D eigenvalue weighted by Gasteiger charge is -2.12. The van der Waals surface area contributed by atoms with Gasteiger partial charge in [0.05, 0.1) is 23.8 Å². The van der Waals surface area contributed by atoms with E-state index in [1.807, 2.05) is 42.5 Å². The molecule has 0 bridgehead atoms. The van der Waals surface area contributed by atoms with Gasteiger partial charge >= 0.3 is 0 Å². The molecule has 0 aliphatic rings. The number of benzene rings is 2. The summed E-state index contributed by atoms with van der Waals surface area (Å²) in [6.07, 6.45) is 0. The predicted molar refractivity (Wildman–Crippen MR) is 87.9 cm³/mol. The smallest absolute Gasteiger partial charge is 0.174 e. The van der Waals surface area contributed by atoms with Crippen LogP contribution in [0.1, 0.15) is 0 Å². The van der Waals surface area contributed by atoms with Gasteiger partial charge < -0.3 is 15.8 Å². The summed E-state index contributed by atoms with van der Waals surface area (Å²) in [5, 5.41) is 3.17. The maximum absolute atomic E-state index is 5.98. The highest BCUT2D eigenvalue weighted by Crippen LogP contribution is 2.31. The second-order valence-electron chi connectivity index (χ2n) is 4.42. The predicted octanol–water partition coefficient (Wildman–Crippen LogP) is 3.73. The number of methoxy groups -OCH3 is 1. The van der Waals surface area contributed by atoms with Crippen LogP contribution in [-0.4, -0.2) is 17.1 Å². The molecule has 0 saturated heterocycles. The molecule has 5 nitrogen and oxygen atoms in total. The Morgan fingerprint density at radius 1 is 1.10 bits per heavy atom. The van der Waals surface area contributed by atoms with E-state index in [0.717, 1.165) is 21.2 Å². The lowest BCUT2D eigenvalue weighted by Crippen LogP contribution is -2.03. The number of nitrogens with one attached hydrogen (secondary N) is 1. The molecule has 3 N–H and O–H groups in total. The third-order valence-corrected chi connectivity index (χ3v) is 3.51. The van der Waals surface area contributed by atoms with Crippen LogP contribution in [0.3, 0.4) is 0 Å². The van der Waals surface area contributed by atoms with Gasteiger partial charge in [-0.25, -0.2) is 9.97 Å². The summed E-state index contributed by atoms with van der Waals surface area (Å²) in [5.74, 6) is 1.55. The Bertz CT molecular complexity index is 807. The third kappa shape index (κ3) is 2.75. The highest BCUT2D eigenvalue weighted by molar-refractivity contribution is 9.10. The molecular formula is C15H13BrN4O. The summed E-state index contributed by atoms with van der Waals surface area (Å²) in [6, 6.07) is 13.2. The molecule has 2 aromatic carbocycles. The number of nitrogens with two attached hydrogens (primary N) is 1. The summed E-state index contributed by atoms with van der Waals surface area (Å²) < 4.78 is 6.26. The van der Waals surface area contributed by atoms with Gasteiger partial charge in [0.1, 0.15) is 5.75 Å². The van der Waals surface area contributed by atoms with Crippen LogP contribution in [0, 0.1) is 0 Å². The maximum atomic E-state index is 5.98. The lowest BCUT2D eigenvalue weighted by molar-refractivity contribution is 0.416. The average Bonchev–Trinajstić information content (AvgIpc) is 2.48. The van der Waals surface area contributed by atoms with Gasteiger partial charge in [-0.05, 0) is 30.3 Å². The Labute approximate surface area is 130 Å². The number of anilines is 3. The Kier molecular flexibility index (Phi) is 3.62. The molecule has 21 heavy (non-hydrogen) atoms. The van der Waals surface area contributed by atoms with Crippen molar-refractivity contribution in [3.63, 3.8) is 0 Å². The van der Waals surface area contributed by atoms with Gasteiger partial charge in [-0.1, -0.05) is 28.1 Å². The van der Waals surface area contributed by atoms with Gasteiger partial charge in [-0.3, -0.25) is 0 Å². The zero-order chi connectivity index (χ0) is 14.8. The van der Waals surface area contributed by atoms with E-state index in [1.54, 1.807) is 7.11 Å². The van der Waals surface area contributed by atoms with Gasteiger partial charge in [0.2, 0.25) is 0 Å². The molecule has 0 spiro atoms. The van der Waals surface area contributed by atoms with E-state index in [9.17, 15) is 0 Å². The first-order valence-corrected chi connectivity index (χ1v) is 7.09. The lowest BCUT2D eigenvalue weighted by atomic mass is 10.3. The molecule has 0 amide bonds. The molecule has 1 aromatic heterocycles. The second-order valence-corrected chi connectivity index (χ2v) is 5.33. The van der Waals surface area contributed by atoms with Crippen molar-refractivity contribution >= 4 is 44.3 Å². The van der Waals surface area contributed by atoms with Crippen LogP contribution >= 0.6 is 15.9 Å². The van der Waals surface area contributed by atoms with Crippen LogP contribution < -0.4 is 15.8 Å². The van der Waals surface area contributed by atoms with E-state index in [2.05, 4.69) is 31.2 Å². The number of hydrogen-bond acceptors (Lipinski definition) is 5. The molecule has 3 aromatic rings. The molecule has 106 valence electrons. The molecule has 0 saturated carbocycles. The van der Waals surface area contributed by atoms with Crippen molar-refractivity contribution in [2.45, 2.75) is 0 Å². The Balaban J connectivity index is 2.05. The summed E-state index contributed by atoms with van der Waals surface area (Å²) in [7, 11) is 1.61. The molecule has 0 fully saturated rings. The molecule has 3 rings (SSSR count). The zero-order valence-corrected chi connectivity index (χ0v) is 12.9. The highest BCUT2D eigenvalue weighted by Gasteiger charge is 2.09. The molecule has 1 heterocycles. The topological polar surface area (TPSA) is 73.1 Å². The van der Waals surface area contributed by atoms with Crippen LogP contribution in [0.4, 0.5) is 17.3 Å². The van der Waals surface area contributed by atoms with E-state index in [-0.39, 0.29) is 0 Å². The van der Waals surface area contributed by atoms with Gasteiger partial charge in [0.25, 0.3) is 0 Å². The average molecular weight is 345 g/mol. The van der Waals surface area contributed by atoms with Gasteiger partial charge in [-0.2, -0.15) is 0 Å². The molecule has 0 atom stereocenters. The number of fused-ring (bicyclic) bond motifs is 1. The number of nitrogens with zero attached hydrogens (tertiary/aromatic N) is 2. The van der Waals surface area contributed by atoms with Gasteiger partial charge in [0, 0.05) is 4.47 Å². The van der Waals surface area contributed by atoms with Crippen molar-refractivity contribution in [1.82, 2.24) is 9.97 Å². The summed E-state index contributed by atoms with van der Waals surface area (Å²) in [4.78, 5) is 8.86. The number of hydrogen-bond donors (Lipinski definition) is 2. The number of halogens is 1. The van der Waals surface area contributed by atoms with E-state index < -0.39 is 0 Å².